The zero-order valence-electron chi connectivity index (χ0n) is 16.3. The average molecular weight is 412 g/mol. The van der Waals surface area contributed by atoms with Crippen LogP contribution in [-0.4, -0.2) is 33.1 Å². The summed E-state index contributed by atoms with van der Waals surface area (Å²) in [4.78, 5) is 20.7. The Hall–Kier alpha value is -3.29. The van der Waals surface area contributed by atoms with Crippen LogP contribution in [0.25, 0.3) is 10.9 Å². The lowest BCUT2D eigenvalue weighted by molar-refractivity contribution is -0.137. The first-order valence-electron chi connectivity index (χ1n) is 9.58. The molecule has 1 fully saturated rings. The van der Waals surface area contributed by atoms with Crippen LogP contribution in [0.3, 0.4) is 0 Å². The third-order valence-electron chi connectivity index (χ3n) is 4.99. The third kappa shape index (κ3) is 4.17. The summed E-state index contributed by atoms with van der Waals surface area (Å²) in [6, 6.07) is 10.8. The minimum absolute atomic E-state index is 0.0467. The van der Waals surface area contributed by atoms with E-state index in [1.807, 2.05) is 25.1 Å². The van der Waals surface area contributed by atoms with Gasteiger partial charge in [0.05, 0.1) is 22.5 Å². The van der Waals surface area contributed by atoms with E-state index in [2.05, 4.69) is 15.1 Å². The summed E-state index contributed by atoms with van der Waals surface area (Å²) in [5.74, 6) is -0.0467. The van der Waals surface area contributed by atoms with Gasteiger partial charge in [-0.1, -0.05) is 12.1 Å². The Labute approximate surface area is 171 Å². The molecule has 1 saturated heterocycles. The number of halogens is 3. The van der Waals surface area contributed by atoms with Crippen molar-refractivity contribution in [3.8, 4) is 0 Å². The Morgan fingerprint density at radius 3 is 2.73 bits per heavy atom. The van der Waals surface area contributed by atoms with Gasteiger partial charge in [0.1, 0.15) is 0 Å². The zero-order chi connectivity index (χ0) is 21.3. The van der Waals surface area contributed by atoms with Crippen LogP contribution >= 0.6 is 0 Å². The molecule has 1 aliphatic heterocycles. The van der Waals surface area contributed by atoms with Crippen LogP contribution in [0.2, 0.25) is 0 Å². The van der Waals surface area contributed by atoms with Gasteiger partial charge < -0.3 is 0 Å². The van der Waals surface area contributed by atoms with E-state index in [0.717, 1.165) is 29.8 Å². The van der Waals surface area contributed by atoms with Gasteiger partial charge in [0, 0.05) is 36.7 Å². The molecule has 4 rings (SSSR count). The molecule has 3 aromatic rings. The number of hydrazone groups is 1. The minimum atomic E-state index is -4.43. The smallest absolute Gasteiger partial charge is 0.273 e. The Balaban J connectivity index is 1.77. The molecule has 1 aliphatic rings. The summed E-state index contributed by atoms with van der Waals surface area (Å²) in [5, 5.41) is 6.62. The van der Waals surface area contributed by atoms with Gasteiger partial charge in [-0.05, 0) is 49.2 Å². The van der Waals surface area contributed by atoms with Crippen LogP contribution in [0.4, 0.5) is 13.2 Å². The molecule has 3 heterocycles. The molecule has 0 atom stereocenters. The fraction of sp³-hybridized carbons (Fsp3) is 0.273. The maximum absolute atomic E-state index is 13.1. The maximum atomic E-state index is 13.1. The van der Waals surface area contributed by atoms with Gasteiger partial charge in [-0.2, -0.15) is 18.3 Å². The molecule has 30 heavy (non-hydrogen) atoms. The molecule has 1 amide bonds. The lowest BCUT2D eigenvalue weighted by Crippen LogP contribution is -2.22. The van der Waals surface area contributed by atoms with Crippen molar-refractivity contribution < 1.29 is 18.0 Å². The first-order chi connectivity index (χ1) is 14.3. The molecule has 0 unspecified atom stereocenters. The van der Waals surface area contributed by atoms with E-state index in [4.69, 9.17) is 0 Å². The van der Waals surface area contributed by atoms with Crippen LogP contribution < -0.4 is 0 Å². The fourth-order valence-corrected chi connectivity index (χ4v) is 3.48. The quantitative estimate of drug-likeness (QED) is 0.592. The summed E-state index contributed by atoms with van der Waals surface area (Å²) >= 11 is 0. The molecule has 0 spiro atoms. The van der Waals surface area contributed by atoms with Crippen LogP contribution in [-0.2, 0) is 17.4 Å². The van der Waals surface area contributed by atoms with E-state index < -0.39 is 11.7 Å². The van der Waals surface area contributed by atoms with Crippen molar-refractivity contribution in [2.75, 3.05) is 6.54 Å². The van der Waals surface area contributed by atoms with Crippen molar-refractivity contribution in [2.24, 2.45) is 5.10 Å². The molecule has 0 aliphatic carbocycles. The number of pyridine rings is 2. The van der Waals surface area contributed by atoms with Crippen molar-refractivity contribution in [1.29, 1.82) is 0 Å². The van der Waals surface area contributed by atoms with E-state index in [0.29, 0.717) is 36.2 Å². The molecule has 0 radical (unpaired) electrons. The number of rotatable bonds is 4. The molecule has 0 saturated carbocycles. The number of hydrogen-bond acceptors (Lipinski definition) is 4. The van der Waals surface area contributed by atoms with Gasteiger partial charge in [0.15, 0.2) is 0 Å². The molecule has 8 heteroatoms. The van der Waals surface area contributed by atoms with Gasteiger partial charge in [-0.3, -0.25) is 14.8 Å². The molecule has 2 aromatic heterocycles. The second kappa shape index (κ2) is 7.85. The summed E-state index contributed by atoms with van der Waals surface area (Å²) < 4.78 is 39.2. The molecule has 0 bridgehead atoms. The molecule has 0 N–H and O–H groups in total. The molecule has 1 aromatic carbocycles. The highest BCUT2D eigenvalue weighted by molar-refractivity contribution is 6.02. The number of nitrogens with zero attached hydrogens (tertiary/aromatic N) is 4. The number of carbonyl (C=O) groups excluding carboxylic acids is 1. The number of aryl methyl sites for hydroxylation is 1. The number of amides is 1. The van der Waals surface area contributed by atoms with Crippen molar-refractivity contribution >= 4 is 22.5 Å². The molecule has 154 valence electrons. The van der Waals surface area contributed by atoms with E-state index in [-0.39, 0.29) is 11.4 Å². The Morgan fingerprint density at radius 2 is 2.03 bits per heavy atom. The largest absolute Gasteiger partial charge is 0.416 e. The average Bonchev–Trinajstić information content (AvgIpc) is 3.11. The highest BCUT2D eigenvalue weighted by Gasteiger charge is 2.30. The van der Waals surface area contributed by atoms with Crippen molar-refractivity contribution in [1.82, 2.24) is 15.0 Å². The summed E-state index contributed by atoms with van der Waals surface area (Å²) in [6.07, 6.45) is -1.43. The SMILES string of the molecule is Cc1cccc(/C(Cc2ccnc3cc(C(F)(F)F)ccc23)=N\N2CCCC2=O)n1. The molecular weight excluding hydrogens is 393 g/mol. The van der Waals surface area contributed by atoms with Crippen LogP contribution in [0.5, 0.6) is 0 Å². The number of fused-ring (bicyclic) bond motifs is 1. The first-order valence-corrected chi connectivity index (χ1v) is 9.58. The Bertz CT molecular complexity index is 1140. The van der Waals surface area contributed by atoms with Crippen molar-refractivity contribution in [2.45, 2.75) is 32.4 Å². The summed E-state index contributed by atoms with van der Waals surface area (Å²) in [7, 11) is 0. The summed E-state index contributed by atoms with van der Waals surface area (Å²) in [6.45, 7) is 2.41. The van der Waals surface area contributed by atoms with E-state index in [9.17, 15) is 18.0 Å². The van der Waals surface area contributed by atoms with Gasteiger partial charge >= 0.3 is 6.18 Å². The van der Waals surface area contributed by atoms with Crippen LogP contribution in [0.15, 0.2) is 53.8 Å². The summed E-state index contributed by atoms with van der Waals surface area (Å²) in [5.41, 5.74) is 2.31. The molecular formula is C22H19F3N4O. The van der Waals surface area contributed by atoms with Gasteiger partial charge in [-0.25, -0.2) is 5.01 Å². The topological polar surface area (TPSA) is 58.5 Å². The molecule has 5 nitrogen and oxygen atoms in total. The van der Waals surface area contributed by atoms with Crippen LogP contribution in [0, 0.1) is 6.92 Å². The number of aromatic nitrogens is 2. The standard InChI is InChI=1S/C22H19F3N4O/c1-14-4-2-5-18(27-14)20(28-29-11-3-6-21(29)30)12-15-9-10-26-19-13-16(22(23,24)25)7-8-17(15)19/h2,4-5,7-10,13H,3,6,11-12H2,1H3/b28-20-. The van der Waals surface area contributed by atoms with Crippen molar-refractivity contribution in [3.05, 3.63) is 71.2 Å². The third-order valence-corrected chi connectivity index (χ3v) is 4.99. The zero-order valence-corrected chi connectivity index (χ0v) is 16.3. The van der Waals surface area contributed by atoms with E-state index >= 15 is 0 Å². The monoisotopic (exact) mass is 412 g/mol. The predicted molar refractivity (Wildman–Crippen MR) is 107 cm³/mol. The highest BCUT2D eigenvalue weighted by Crippen LogP contribution is 2.32. The predicted octanol–water partition coefficient (Wildman–Crippen LogP) is 4.53. The number of alkyl halides is 3. The second-order valence-electron chi connectivity index (χ2n) is 7.21. The van der Waals surface area contributed by atoms with E-state index in [1.54, 1.807) is 6.07 Å². The lowest BCUT2D eigenvalue weighted by atomic mass is 10.0. The number of hydrogen-bond donors (Lipinski definition) is 0. The Morgan fingerprint density at radius 1 is 1.20 bits per heavy atom. The second-order valence-corrected chi connectivity index (χ2v) is 7.21. The van der Waals surface area contributed by atoms with Gasteiger partial charge in [-0.15, -0.1) is 0 Å². The lowest BCUT2D eigenvalue weighted by Gasteiger charge is -2.15. The van der Waals surface area contributed by atoms with E-state index in [1.165, 1.54) is 17.3 Å². The minimum Gasteiger partial charge on any atom is -0.273 e. The normalized spacial score (nSPS) is 15.3. The van der Waals surface area contributed by atoms with Gasteiger partial charge in [0.2, 0.25) is 5.91 Å². The fourth-order valence-electron chi connectivity index (χ4n) is 3.48. The van der Waals surface area contributed by atoms with Crippen LogP contribution in [0.1, 0.15) is 35.4 Å². The first kappa shape index (κ1) is 20.0. The number of carbonyl (C=O) groups is 1. The number of benzene rings is 1. The Kier molecular flexibility index (Phi) is 5.24. The highest BCUT2D eigenvalue weighted by atomic mass is 19.4. The maximum Gasteiger partial charge on any atom is 0.416 e. The van der Waals surface area contributed by atoms with Gasteiger partial charge in [0.25, 0.3) is 0 Å². The van der Waals surface area contributed by atoms with Crippen molar-refractivity contribution in [3.63, 3.8) is 0 Å².